The van der Waals surface area contributed by atoms with Gasteiger partial charge < -0.3 is 10.1 Å². The molecule has 2 aromatic carbocycles. The van der Waals surface area contributed by atoms with Crippen LogP contribution in [0.1, 0.15) is 31.8 Å². The number of imide groups is 1. The van der Waals surface area contributed by atoms with E-state index in [2.05, 4.69) is 5.32 Å². The Labute approximate surface area is 167 Å². The van der Waals surface area contributed by atoms with Gasteiger partial charge in [-0.15, -0.1) is 0 Å². The van der Waals surface area contributed by atoms with Gasteiger partial charge in [-0.2, -0.15) is 0 Å². The van der Waals surface area contributed by atoms with E-state index in [1.54, 1.807) is 42.5 Å². The molecule has 2 aliphatic heterocycles. The van der Waals surface area contributed by atoms with Crippen LogP contribution in [0.2, 0.25) is 0 Å². The monoisotopic (exact) mass is 393 g/mol. The number of benzene rings is 2. The maximum Gasteiger partial charge on any atom is 0.410 e. The zero-order valence-corrected chi connectivity index (χ0v) is 15.6. The van der Waals surface area contributed by atoms with Crippen LogP contribution in [0.25, 0.3) is 0 Å². The molecule has 0 unspecified atom stereocenters. The smallest absolute Gasteiger partial charge is 0.410 e. The number of carbonyl (C=O) groups is 4. The SMILES string of the molecule is O=C1CN(C(=O)OCc2cccc(CN3C(=O)c4ccccc4C3=O)c2)CCN1. The number of hydrogen-bond acceptors (Lipinski definition) is 5. The van der Waals surface area contributed by atoms with Gasteiger partial charge in [0.2, 0.25) is 5.91 Å². The minimum Gasteiger partial charge on any atom is -0.445 e. The molecule has 1 saturated heterocycles. The van der Waals surface area contributed by atoms with Gasteiger partial charge in [-0.05, 0) is 23.3 Å². The fourth-order valence-electron chi connectivity index (χ4n) is 3.41. The van der Waals surface area contributed by atoms with Crippen molar-refractivity contribution in [3.8, 4) is 0 Å². The molecule has 0 aliphatic carbocycles. The standard InChI is InChI=1S/C21H19N3O5/c25-18-12-23(9-8-22-18)21(28)29-13-15-5-3-4-14(10-15)11-24-19(26)16-6-1-2-7-17(16)20(24)27/h1-7,10H,8-9,11-13H2,(H,22,25). The van der Waals surface area contributed by atoms with Crippen molar-refractivity contribution in [2.75, 3.05) is 19.6 Å². The molecule has 1 fully saturated rings. The minimum atomic E-state index is -0.550. The first-order valence-corrected chi connectivity index (χ1v) is 9.24. The predicted molar refractivity (Wildman–Crippen MR) is 102 cm³/mol. The molecule has 29 heavy (non-hydrogen) atoms. The molecular weight excluding hydrogens is 374 g/mol. The molecule has 2 aliphatic rings. The van der Waals surface area contributed by atoms with Gasteiger partial charge in [0.1, 0.15) is 13.2 Å². The predicted octanol–water partition coefficient (Wildman–Crippen LogP) is 1.55. The van der Waals surface area contributed by atoms with Gasteiger partial charge >= 0.3 is 6.09 Å². The molecule has 4 amide bonds. The van der Waals surface area contributed by atoms with Gasteiger partial charge in [0.25, 0.3) is 11.8 Å². The van der Waals surface area contributed by atoms with E-state index < -0.39 is 6.09 Å². The molecule has 2 aromatic rings. The zero-order chi connectivity index (χ0) is 20.4. The van der Waals surface area contributed by atoms with E-state index in [1.165, 1.54) is 9.80 Å². The lowest BCUT2D eigenvalue weighted by Gasteiger charge is -2.25. The Bertz CT molecular complexity index is 968. The molecule has 8 heteroatoms. The Morgan fingerprint density at radius 1 is 0.966 bits per heavy atom. The van der Waals surface area contributed by atoms with Gasteiger partial charge in [0, 0.05) is 13.1 Å². The lowest BCUT2D eigenvalue weighted by atomic mass is 10.1. The van der Waals surface area contributed by atoms with Crippen LogP contribution in [0.4, 0.5) is 4.79 Å². The molecule has 8 nitrogen and oxygen atoms in total. The molecule has 4 rings (SSSR count). The van der Waals surface area contributed by atoms with Crippen LogP contribution < -0.4 is 5.32 Å². The summed E-state index contributed by atoms with van der Waals surface area (Å²) in [6.07, 6.45) is -0.550. The first-order valence-electron chi connectivity index (χ1n) is 9.24. The van der Waals surface area contributed by atoms with E-state index >= 15 is 0 Å². The van der Waals surface area contributed by atoms with Gasteiger partial charge in [-0.25, -0.2) is 4.79 Å². The van der Waals surface area contributed by atoms with Crippen LogP contribution in [0.15, 0.2) is 48.5 Å². The Kier molecular flexibility index (Phi) is 4.99. The summed E-state index contributed by atoms with van der Waals surface area (Å²) in [4.78, 5) is 51.1. The highest BCUT2D eigenvalue weighted by Gasteiger charge is 2.34. The maximum absolute atomic E-state index is 12.5. The van der Waals surface area contributed by atoms with Crippen LogP contribution in [-0.2, 0) is 22.7 Å². The topological polar surface area (TPSA) is 96.0 Å². The Hall–Kier alpha value is -3.68. The van der Waals surface area contributed by atoms with Crippen molar-refractivity contribution in [1.82, 2.24) is 15.1 Å². The fourth-order valence-corrected chi connectivity index (χ4v) is 3.41. The normalized spacial score (nSPS) is 15.9. The van der Waals surface area contributed by atoms with Crippen LogP contribution in [0.5, 0.6) is 0 Å². The lowest BCUT2D eigenvalue weighted by Crippen LogP contribution is -2.50. The third-order valence-corrected chi connectivity index (χ3v) is 4.87. The summed E-state index contributed by atoms with van der Waals surface area (Å²) in [6, 6.07) is 13.9. The average Bonchev–Trinajstić information content (AvgIpc) is 2.97. The van der Waals surface area contributed by atoms with E-state index in [0.717, 1.165) is 11.1 Å². The van der Waals surface area contributed by atoms with Crippen LogP contribution in [0, 0.1) is 0 Å². The third kappa shape index (κ3) is 3.82. The summed E-state index contributed by atoms with van der Waals surface area (Å²) in [5.74, 6) is -0.840. The molecule has 0 bridgehead atoms. The molecule has 0 saturated carbocycles. The number of nitrogens with one attached hydrogen (secondary N) is 1. The first-order chi connectivity index (χ1) is 14.0. The number of ether oxygens (including phenoxy) is 1. The van der Waals surface area contributed by atoms with Crippen molar-refractivity contribution in [2.45, 2.75) is 13.2 Å². The number of carbonyl (C=O) groups excluding carboxylic acids is 4. The Morgan fingerprint density at radius 2 is 1.66 bits per heavy atom. The van der Waals surface area contributed by atoms with Crippen LogP contribution >= 0.6 is 0 Å². The second-order valence-corrected chi connectivity index (χ2v) is 6.89. The van der Waals surface area contributed by atoms with Crippen molar-refractivity contribution in [1.29, 1.82) is 0 Å². The van der Waals surface area contributed by atoms with E-state index in [4.69, 9.17) is 4.74 Å². The molecule has 0 aromatic heterocycles. The summed E-state index contributed by atoms with van der Waals surface area (Å²) >= 11 is 0. The largest absolute Gasteiger partial charge is 0.445 e. The van der Waals surface area contributed by atoms with Gasteiger partial charge in [-0.3, -0.25) is 24.2 Å². The Morgan fingerprint density at radius 3 is 2.34 bits per heavy atom. The van der Waals surface area contributed by atoms with Crippen molar-refractivity contribution >= 4 is 23.8 Å². The highest BCUT2D eigenvalue weighted by molar-refractivity contribution is 6.21. The molecule has 0 spiro atoms. The number of hydrogen-bond donors (Lipinski definition) is 1. The van der Waals surface area contributed by atoms with Crippen molar-refractivity contribution in [3.63, 3.8) is 0 Å². The minimum absolute atomic E-state index is 0.0153. The van der Waals surface area contributed by atoms with Gasteiger partial charge in [0.05, 0.1) is 17.7 Å². The fraction of sp³-hybridized carbons (Fsp3) is 0.238. The molecule has 0 radical (unpaired) electrons. The Balaban J connectivity index is 1.39. The molecule has 1 N–H and O–H groups in total. The summed E-state index contributed by atoms with van der Waals surface area (Å²) in [6.45, 7) is 0.972. The molecular formula is C21H19N3O5. The number of rotatable bonds is 4. The van der Waals surface area contributed by atoms with E-state index in [0.29, 0.717) is 24.2 Å². The van der Waals surface area contributed by atoms with Gasteiger partial charge in [-0.1, -0.05) is 36.4 Å². The van der Waals surface area contributed by atoms with E-state index in [9.17, 15) is 19.2 Å². The van der Waals surface area contributed by atoms with Crippen molar-refractivity contribution in [3.05, 3.63) is 70.8 Å². The second-order valence-electron chi connectivity index (χ2n) is 6.89. The summed E-state index contributed by atoms with van der Waals surface area (Å²) < 4.78 is 5.29. The third-order valence-electron chi connectivity index (χ3n) is 4.87. The summed E-state index contributed by atoms with van der Waals surface area (Å²) in [5.41, 5.74) is 2.31. The lowest BCUT2D eigenvalue weighted by molar-refractivity contribution is -0.123. The van der Waals surface area contributed by atoms with Gasteiger partial charge in [0.15, 0.2) is 0 Å². The van der Waals surface area contributed by atoms with Crippen molar-refractivity contribution in [2.24, 2.45) is 0 Å². The molecule has 148 valence electrons. The summed E-state index contributed by atoms with van der Waals surface area (Å²) in [7, 11) is 0. The van der Waals surface area contributed by atoms with Crippen molar-refractivity contribution < 1.29 is 23.9 Å². The van der Waals surface area contributed by atoms with E-state index in [-0.39, 0.29) is 37.4 Å². The highest BCUT2D eigenvalue weighted by atomic mass is 16.6. The molecule has 0 atom stereocenters. The average molecular weight is 393 g/mol. The quantitative estimate of drug-likeness (QED) is 0.795. The number of piperazine rings is 1. The summed E-state index contributed by atoms with van der Waals surface area (Å²) in [5, 5.41) is 2.65. The van der Waals surface area contributed by atoms with Crippen LogP contribution in [-0.4, -0.2) is 53.2 Å². The van der Waals surface area contributed by atoms with E-state index in [1.807, 2.05) is 6.07 Å². The molecule has 2 heterocycles. The zero-order valence-electron chi connectivity index (χ0n) is 15.6. The maximum atomic E-state index is 12.5. The number of amides is 4. The van der Waals surface area contributed by atoms with Crippen LogP contribution in [0.3, 0.4) is 0 Å². The first kappa shape index (κ1) is 18.7. The number of nitrogens with zero attached hydrogens (tertiary/aromatic N) is 2. The second kappa shape index (κ2) is 7.75. The number of fused-ring (bicyclic) bond motifs is 1. The highest BCUT2D eigenvalue weighted by Crippen LogP contribution is 2.24.